The number of rotatable bonds is 6. The van der Waals surface area contributed by atoms with Crippen molar-refractivity contribution in [1.82, 2.24) is 5.32 Å². The number of hydrogen-bond acceptors (Lipinski definition) is 3. The van der Waals surface area contributed by atoms with Crippen molar-refractivity contribution in [1.29, 1.82) is 0 Å². The van der Waals surface area contributed by atoms with Crippen LogP contribution in [0.5, 0.6) is 5.75 Å². The van der Waals surface area contributed by atoms with Crippen molar-refractivity contribution in [3.8, 4) is 5.75 Å². The Labute approximate surface area is 173 Å². The maximum absolute atomic E-state index is 13.1. The molecule has 5 nitrogen and oxygen atoms in total. The first-order valence-corrected chi connectivity index (χ1v) is 10.1. The predicted molar refractivity (Wildman–Crippen MR) is 114 cm³/mol. The fourth-order valence-electron chi connectivity index (χ4n) is 2.85. The van der Waals surface area contributed by atoms with Gasteiger partial charge in [-0.1, -0.05) is 60.1 Å². The number of nitrogens with zero attached hydrogens (tertiary/aromatic N) is 1. The first kappa shape index (κ1) is 20.1. The first-order valence-electron chi connectivity index (χ1n) is 9.27. The molecule has 0 aliphatic carbocycles. The van der Waals surface area contributed by atoms with Gasteiger partial charge in [-0.05, 0) is 42.2 Å². The first-order chi connectivity index (χ1) is 13.5. The maximum atomic E-state index is 13.1. The molecule has 0 bridgehead atoms. The van der Waals surface area contributed by atoms with Crippen LogP contribution in [0.1, 0.15) is 25.8 Å². The summed E-state index contributed by atoms with van der Waals surface area (Å²) < 4.78 is 6.70. The van der Waals surface area contributed by atoms with Crippen LogP contribution in [0.3, 0.4) is 0 Å². The SMILES string of the molecule is CC(C)CCNC(=O)CN1C(=O)/C(=C\c2ccccc2Br)Oc2ccccc21. The van der Waals surface area contributed by atoms with Crippen molar-refractivity contribution in [2.24, 2.45) is 5.92 Å². The van der Waals surface area contributed by atoms with E-state index >= 15 is 0 Å². The Morgan fingerprint density at radius 2 is 1.89 bits per heavy atom. The van der Waals surface area contributed by atoms with E-state index < -0.39 is 0 Å². The summed E-state index contributed by atoms with van der Waals surface area (Å²) in [5, 5.41) is 2.89. The molecule has 2 aromatic carbocycles. The zero-order chi connectivity index (χ0) is 20.1. The highest BCUT2D eigenvalue weighted by Gasteiger charge is 2.31. The highest BCUT2D eigenvalue weighted by Crippen LogP contribution is 2.35. The lowest BCUT2D eigenvalue weighted by molar-refractivity contribution is -0.123. The third kappa shape index (κ3) is 4.81. The fourth-order valence-corrected chi connectivity index (χ4v) is 3.25. The van der Waals surface area contributed by atoms with E-state index in [-0.39, 0.29) is 24.1 Å². The van der Waals surface area contributed by atoms with Crippen LogP contribution in [0.2, 0.25) is 0 Å². The van der Waals surface area contributed by atoms with Gasteiger partial charge in [0, 0.05) is 11.0 Å². The van der Waals surface area contributed by atoms with Crippen LogP contribution < -0.4 is 15.0 Å². The topological polar surface area (TPSA) is 58.6 Å². The molecular formula is C22H23BrN2O3. The number of fused-ring (bicyclic) bond motifs is 1. The minimum Gasteiger partial charge on any atom is -0.449 e. The van der Waals surface area contributed by atoms with E-state index in [4.69, 9.17) is 4.74 Å². The summed E-state index contributed by atoms with van der Waals surface area (Å²) in [6.45, 7) is 4.75. The van der Waals surface area contributed by atoms with Crippen LogP contribution in [0.4, 0.5) is 5.69 Å². The standard InChI is InChI=1S/C22H23BrN2O3/c1-15(2)11-12-24-21(26)14-25-18-9-5-6-10-19(18)28-20(22(25)27)13-16-7-3-4-8-17(16)23/h3-10,13,15H,11-12,14H2,1-2H3,(H,24,26)/b20-13+. The molecule has 0 saturated carbocycles. The summed E-state index contributed by atoms with van der Waals surface area (Å²) in [6, 6.07) is 14.8. The molecule has 0 aromatic heterocycles. The second kappa shape index (κ2) is 9.06. The molecule has 3 rings (SSSR count). The van der Waals surface area contributed by atoms with Gasteiger partial charge in [-0.3, -0.25) is 14.5 Å². The van der Waals surface area contributed by atoms with Crippen molar-refractivity contribution < 1.29 is 14.3 Å². The average molecular weight is 443 g/mol. The molecule has 0 unspecified atom stereocenters. The molecule has 0 saturated heterocycles. The Morgan fingerprint density at radius 1 is 1.18 bits per heavy atom. The van der Waals surface area contributed by atoms with Gasteiger partial charge in [-0.2, -0.15) is 0 Å². The van der Waals surface area contributed by atoms with E-state index in [0.717, 1.165) is 16.5 Å². The third-order valence-corrected chi connectivity index (χ3v) is 5.09. The molecule has 0 radical (unpaired) electrons. The molecule has 0 spiro atoms. The molecule has 2 amide bonds. The van der Waals surface area contributed by atoms with Crippen molar-refractivity contribution in [3.05, 3.63) is 64.3 Å². The van der Waals surface area contributed by atoms with Gasteiger partial charge in [0.2, 0.25) is 5.91 Å². The molecule has 1 heterocycles. The number of nitrogens with one attached hydrogen (secondary N) is 1. The number of carbonyl (C=O) groups excluding carboxylic acids is 2. The van der Waals surface area contributed by atoms with E-state index in [0.29, 0.717) is 23.9 Å². The van der Waals surface area contributed by atoms with E-state index in [1.54, 1.807) is 18.2 Å². The number of amides is 2. The Bertz CT molecular complexity index is 908. The summed E-state index contributed by atoms with van der Waals surface area (Å²) in [4.78, 5) is 26.9. The number of carbonyl (C=O) groups is 2. The smallest absolute Gasteiger partial charge is 0.294 e. The van der Waals surface area contributed by atoms with Gasteiger partial charge in [0.25, 0.3) is 5.91 Å². The molecule has 1 N–H and O–H groups in total. The van der Waals surface area contributed by atoms with E-state index in [1.165, 1.54) is 4.90 Å². The second-order valence-corrected chi connectivity index (χ2v) is 7.88. The monoisotopic (exact) mass is 442 g/mol. The van der Waals surface area contributed by atoms with Crippen LogP contribution in [0.25, 0.3) is 6.08 Å². The molecule has 146 valence electrons. The second-order valence-electron chi connectivity index (χ2n) is 7.02. The molecule has 1 aliphatic heterocycles. The Kier molecular flexibility index (Phi) is 6.52. The van der Waals surface area contributed by atoms with E-state index in [1.807, 2.05) is 36.4 Å². The third-order valence-electron chi connectivity index (χ3n) is 4.37. The van der Waals surface area contributed by atoms with Crippen LogP contribution in [-0.2, 0) is 9.59 Å². The van der Waals surface area contributed by atoms with Gasteiger partial charge in [0.1, 0.15) is 6.54 Å². The number of halogens is 1. The van der Waals surface area contributed by atoms with Gasteiger partial charge < -0.3 is 10.1 Å². The Hall–Kier alpha value is -2.60. The van der Waals surface area contributed by atoms with Crippen LogP contribution in [-0.4, -0.2) is 24.9 Å². The summed E-state index contributed by atoms with van der Waals surface area (Å²) in [5.41, 5.74) is 1.42. The normalized spacial score (nSPS) is 14.8. The summed E-state index contributed by atoms with van der Waals surface area (Å²) in [7, 11) is 0. The lowest BCUT2D eigenvalue weighted by atomic mass is 10.1. The minimum atomic E-state index is -0.339. The number of anilines is 1. The average Bonchev–Trinajstić information content (AvgIpc) is 2.66. The van der Waals surface area contributed by atoms with Crippen molar-refractivity contribution in [3.63, 3.8) is 0 Å². The largest absolute Gasteiger partial charge is 0.449 e. The maximum Gasteiger partial charge on any atom is 0.294 e. The van der Waals surface area contributed by atoms with E-state index in [9.17, 15) is 9.59 Å². The van der Waals surface area contributed by atoms with Crippen molar-refractivity contribution in [2.45, 2.75) is 20.3 Å². The minimum absolute atomic E-state index is 0.0510. The molecule has 0 atom stereocenters. The number of hydrogen-bond donors (Lipinski definition) is 1. The molecule has 2 aromatic rings. The summed E-state index contributed by atoms with van der Waals surface area (Å²) >= 11 is 3.48. The molecular weight excluding hydrogens is 420 g/mol. The summed E-state index contributed by atoms with van der Waals surface area (Å²) in [6.07, 6.45) is 2.58. The molecule has 6 heteroatoms. The van der Waals surface area contributed by atoms with Crippen molar-refractivity contribution in [2.75, 3.05) is 18.0 Å². The van der Waals surface area contributed by atoms with Crippen LogP contribution in [0.15, 0.2) is 58.8 Å². The van der Waals surface area contributed by atoms with Gasteiger partial charge in [-0.15, -0.1) is 0 Å². The van der Waals surface area contributed by atoms with E-state index in [2.05, 4.69) is 35.1 Å². The zero-order valence-corrected chi connectivity index (χ0v) is 17.5. The Morgan fingerprint density at radius 3 is 2.64 bits per heavy atom. The number of para-hydroxylation sites is 2. The molecule has 28 heavy (non-hydrogen) atoms. The highest BCUT2D eigenvalue weighted by molar-refractivity contribution is 9.10. The summed E-state index contributed by atoms with van der Waals surface area (Å²) in [5.74, 6) is 0.709. The van der Waals surface area contributed by atoms with Crippen LogP contribution in [0, 0.1) is 5.92 Å². The molecule has 1 aliphatic rings. The quantitative estimate of drug-likeness (QED) is 0.675. The van der Waals surface area contributed by atoms with Crippen molar-refractivity contribution >= 4 is 39.5 Å². The molecule has 0 fully saturated rings. The van der Waals surface area contributed by atoms with Gasteiger partial charge in [0.05, 0.1) is 5.69 Å². The number of benzene rings is 2. The van der Waals surface area contributed by atoms with Crippen LogP contribution >= 0.6 is 15.9 Å². The predicted octanol–water partition coefficient (Wildman–Crippen LogP) is 4.38. The Balaban J connectivity index is 1.85. The highest BCUT2D eigenvalue weighted by atomic mass is 79.9. The fraction of sp³-hybridized carbons (Fsp3) is 0.273. The lowest BCUT2D eigenvalue weighted by Gasteiger charge is -2.30. The van der Waals surface area contributed by atoms with Gasteiger partial charge in [-0.25, -0.2) is 0 Å². The number of ether oxygens (including phenoxy) is 1. The zero-order valence-electron chi connectivity index (χ0n) is 15.9. The lowest BCUT2D eigenvalue weighted by Crippen LogP contribution is -2.44. The van der Waals surface area contributed by atoms with Gasteiger partial charge >= 0.3 is 0 Å². The van der Waals surface area contributed by atoms with Gasteiger partial charge in [0.15, 0.2) is 11.5 Å².